The average Bonchev–Trinajstić information content (AvgIpc) is 2.83. The SMILES string of the molecule is COc1ccc(S(=O)(=O)N(CCc2ccccc2)CC(=O)Nc2ccc(Br)cc2)cc1OC. The van der Waals surface area contributed by atoms with Gasteiger partial charge in [0.2, 0.25) is 15.9 Å². The van der Waals surface area contributed by atoms with Gasteiger partial charge >= 0.3 is 0 Å². The third-order valence-corrected chi connectivity index (χ3v) is 7.30. The molecule has 0 aliphatic carbocycles. The predicted octanol–water partition coefficient (Wildman–Crippen LogP) is 4.34. The molecule has 174 valence electrons. The molecule has 1 amide bonds. The van der Waals surface area contributed by atoms with Crippen LogP contribution in [0.25, 0.3) is 0 Å². The molecule has 0 spiro atoms. The van der Waals surface area contributed by atoms with Crippen LogP contribution < -0.4 is 14.8 Å². The van der Waals surface area contributed by atoms with E-state index in [1.807, 2.05) is 30.3 Å². The summed E-state index contributed by atoms with van der Waals surface area (Å²) in [4.78, 5) is 12.8. The van der Waals surface area contributed by atoms with Crippen LogP contribution in [0.5, 0.6) is 11.5 Å². The zero-order valence-electron chi connectivity index (χ0n) is 18.3. The van der Waals surface area contributed by atoms with Gasteiger partial charge in [0.1, 0.15) is 0 Å². The number of benzene rings is 3. The highest BCUT2D eigenvalue weighted by molar-refractivity contribution is 9.10. The van der Waals surface area contributed by atoms with Gasteiger partial charge in [-0.1, -0.05) is 46.3 Å². The fourth-order valence-corrected chi connectivity index (χ4v) is 4.88. The van der Waals surface area contributed by atoms with Crippen molar-refractivity contribution in [1.29, 1.82) is 0 Å². The molecule has 9 heteroatoms. The molecule has 1 N–H and O–H groups in total. The topological polar surface area (TPSA) is 84.9 Å². The smallest absolute Gasteiger partial charge is 0.243 e. The van der Waals surface area contributed by atoms with Gasteiger partial charge in [-0.05, 0) is 48.4 Å². The first-order valence-electron chi connectivity index (χ1n) is 10.1. The van der Waals surface area contributed by atoms with Gasteiger partial charge in [-0.2, -0.15) is 4.31 Å². The van der Waals surface area contributed by atoms with Crippen LogP contribution in [0.1, 0.15) is 5.56 Å². The molecule has 33 heavy (non-hydrogen) atoms. The number of hydrogen-bond donors (Lipinski definition) is 1. The number of nitrogens with zero attached hydrogens (tertiary/aromatic N) is 1. The number of amides is 1. The Balaban J connectivity index is 1.86. The van der Waals surface area contributed by atoms with E-state index in [1.54, 1.807) is 24.3 Å². The minimum atomic E-state index is -3.99. The minimum Gasteiger partial charge on any atom is -0.493 e. The molecule has 0 saturated heterocycles. The van der Waals surface area contributed by atoms with Crippen molar-refractivity contribution in [2.24, 2.45) is 0 Å². The van der Waals surface area contributed by atoms with Crippen molar-refractivity contribution >= 4 is 37.5 Å². The summed E-state index contributed by atoms with van der Waals surface area (Å²) < 4.78 is 39.5. The maximum absolute atomic E-state index is 13.5. The van der Waals surface area contributed by atoms with Crippen LogP contribution in [0, 0.1) is 0 Å². The number of carbonyl (C=O) groups excluding carboxylic acids is 1. The number of halogens is 1. The summed E-state index contributed by atoms with van der Waals surface area (Å²) in [5.74, 6) is 0.274. The van der Waals surface area contributed by atoms with Gasteiger partial charge in [0.15, 0.2) is 11.5 Å². The van der Waals surface area contributed by atoms with Gasteiger partial charge in [-0.15, -0.1) is 0 Å². The molecule has 0 aliphatic heterocycles. The fraction of sp³-hybridized carbons (Fsp3) is 0.208. The number of ether oxygens (including phenoxy) is 2. The molecule has 0 heterocycles. The van der Waals surface area contributed by atoms with E-state index in [-0.39, 0.29) is 18.0 Å². The highest BCUT2D eigenvalue weighted by Crippen LogP contribution is 2.30. The maximum Gasteiger partial charge on any atom is 0.243 e. The van der Waals surface area contributed by atoms with Crippen molar-refractivity contribution in [3.8, 4) is 11.5 Å². The van der Waals surface area contributed by atoms with Crippen LogP contribution in [0.4, 0.5) is 5.69 Å². The highest BCUT2D eigenvalue weighted by Gasteiger charge is 2.27. The normalized spacial score (nSPS) is 11.3. The number of rotatable bonds is 10. The number of nitrogens with one attached hydrogen (secondary N) is 1. The summed E-state index contributed by atoms with van der Waals surface area (Å²) in [6.45, 7) is -0.200. The van der Waals surface area contributed by atoms with Gasteiger partial charge in [0.25, 0.3) is 0 Å². The van der Waals surface area contributed by atoms with Crippen molar-refractivity contribution in [2.45, 2.75) is 11.3 Å². The standard InChI is InChI=1S/C24H25BrN2O5S/c1-31-22-13-12-21(16-23(22)32-2)33(29,30)27(15-14-18-6-4-3-5-7-18)17-24(28)26-20-10-8-19(25)9-11-20/h3-13,16H,14-15,17H2,1-2H3,(H,26,28). The molecule has 3 rings (SSSR count). The van der Waals surface area contributed by atoms with Crippen molar-refractivity contribution in [2.75, 3.05) is 32.6 Å². The quantitative estimate of drug-likeness (QED) is 0.419. The van der Waals surface area contributed by atoms with E-state index in [4.69, 9.17) is 9.47 Å². The summed E-state index contributed by atoms with van der Waals surface area (Å²) in [7, 11) is -1.08. The Morgan fingerprint density at radius 2 is 1.61 bits per heavy atom. The molecule has 0 bridgehead atoms. The molecule has 0 aromatic heterocycles. The Bertz CT molecular complexity index is 1190. The number of methoxy groups -OCH3 is 2. The second-order valence-corrected chi connectivity index (χ2v) is 10.00. The maximum atomic E-state index is 13.5. The molecule has 3 aromatic rings. The Hall–Kier alpha value is -2.88. The molecule has 0 radical (unpaired) electrons. The Kier molecular flexibility index (Phi) is 8.49. The third-order valence-electron chi connectivity index (χ3n) is 4.93. The minimum absolute atomic E-state index is 0.0182. The van der Waals surface area contributed by atoms with E-state index in [0.29, 0.717) is 23.6 Å². The summed E-state index contributed by atoms with van der Waals surface area (Å²) >= 11 is 3.35. The summed E-state index contributed by atoms with van der Waals surface area (Å²) in [5.41, 5.74) is 1.55. The molecule has 0 aliphatic rings. The Morgan fingerprint density at radius 3 is 2.24 bits per heavy atom. The van der Waals surface area contributed by atoms with Crippen molar-refractivity contribution in [3.63, 3.8) is 0 Å². The average molecular weight is 533 g/mol. The summed E-state index contributed by atoms with van der Waals surface area (Å²) in [5, 5.41) is 2.75. The monoisotopic (exact) mass is 532 g/mol. The Labute approximate surface area is 202 Å². The lowest BCUT2D eigenvalue weighted by atomic mass is 10.1. The van der Waals surface area contributed by atoms with Crippen LogP contribution >= 0.6 is 15.9 Å². The number of hydrogen-bond acceptors (Lipinski definition) is 5. The van der Waals surface area contributed by atoms with E-state index in [9.17, 15) is 13.2 Å². The van der Waals surface area contributed by atoms with Crippen LogP contribution in [0.3, 0.4) is 0 Å². The van der Waals surface area contributed by atoms with Crippen LogP contribution in [0.2, 0.25) is 0 Å². The van der Waals surface area contributed by atoms with Crippen LogP contribution in [-0.4, -0.2) is 45.9 Å². The van der Waals surface area contributed by atoms with E-state index < -0.39 is 15.9 Å². The molecule has 0 fully saturated rings. The summed E-state index contributed by atoms with van der Waals surface area (Å²) in [6.07, 6.45) is 0.457. The largest absolute Gasteiger partial charge is 0.493 e. The van der Waals surface area contributed by atoms with Gasteiger partial charge in [0.05, 0.1) is 25.7 Å². The molecule has 0 unspecified atom stereocenters. The van der Waals surface area contributed by atoms with Crippen molar-refractivity contribution in [1.82, 2.24) is 4.31 Å². The van der Waals surface area contributed by atoms with Crippen molar-refractivity contribution in [3.05, 3.63) is 82.8 Å². The summed E-state index contributed by atoms with van der Waals surface area (Å²) in [6, 6.07) is 21.0. The van der Waals surface area contributed by atoms with Crippen LogP contribution in [0.15, 0.2) is 82.2 Å². The highest BCUT2D eigenvalue weighted by atomic mass is 79.9. The fourth-order valence-electron chi connectivity index (χ4n) is 3.20. The lowest BCUT2D eigenvalue weighted by molar-refractivity contribution is -0.116. The first kappa shape index (κ1) is 24.8. The van der Waals surface area contributed by atoms with Crippen LogP contribution in [-0.2, 0) is 21.2 Å². The zero-order chi connectivity index (χ0) is 23.8. The van der Waals surface area contributed by atoms with E-state index in [2.05, 4.69) is 21.2 Å². The number of anilines is 1. The lowest BCUT2D eigenvalue weighted by Gasteiger charge is -2.22. The molecule has 0 atom stereocenters. The third kappa shape index (κ3) is 6.56. The van der Waals surface area contributed by atoms with Gasteiger partial charge in [0, 0.05) is 22.8 Å². The van der Waals surface area contributed by atoms with E-state index >= 15 is 0 Å². The Morgan fingerprint density at radius 1 is 0.939 bits per heavy atom. The number of sulfonamides is 1. The molecule has 3 aromatic carbocycles. The number of carbonyl (C=O) groups is 1. The van der Waals surface area contributed by atoms with Gasteiger partial charge < -0.3 is 14.8 Å². The molecule has 0 saturated carbocycles. The van der Waals surface area contributed by atoms with Gasteiger partial charge in [-0.3, -0.25) is 4.79 Å². The zero-order valence-corrected chi connectivity index (χ0v) is 20.7. The van der Waals surface area contributed by atoms with E-state index in [0.717, 1.165) is 10.0 Å². The predicted molar refractivity (Wildman–Crippen MR) is 131 cm³/mol. The molecule has 7 nitrogen and oxygen atoms in total. The van der Waals surface area contributed by atoms with E-state index in [1.165, 1.54) is 36.7 Å². The molecular weight excluding hydrogens is 508 g/mol. The lowest BCUT2D eigenvalue weighted by Crippen LogP contribution is -2.39. The first-order chi connectivity index (χ1) is 15.8. The van der Waals surface area contributed by atoms with Gasteiger partial charge in [-0.25, -0.2) is 8.42 Å². The second-order valence-electron chi connectivity index (χ2n) is 7.15. The molecular formula is C24H25BrN2O5S. The second kappa shape index (κ2) is 11.3. The van der Waals surface area contributed by atoms with Crippen molar-refractivity contribution < 1.29 is 22.7 Å². The first-order valence-corrected chi connectivity index (χ1v) is 12.4.